The minimum Gasteiger partial charge on any atom is -0.310 e. The molecule has 0 radical (unpaired) electrons. The van der Waals surface area contributed by atoms with Gasteiger partial charge in [-0.15, -0.1) is 11.3 Å². The highest BCUT2D eigenvalue weighted by Crippen LogP contribution is 2.34. The zero-order chi connectivity index (χ0) is 19.0. The highest BCUT2D eigenvalue weighted by Gasteiger charge is 2.21. The zero-order valence-electron chi connectivity index (χ0n) is 14.7. The normalized spacial score (nSPS) is 13.3. The summed E-state index contributed by atoms with van der Waals surface area (Å²) in [5, 5.41) is 3.50. The van der Waals surface area contributed by atoms with Crippen molar-refractivity contribution in [1.82, 2.24) is 19.9 Å². The van der Waals surface area contributed by atoms with E-state index in [9.17, 15) is 9.59 Å². The van der Waals surface area contributed by atoms with Crippen LogP contribution in [0.2, 0.25) is 0 Å². The standard InChI is InChI=1S/C18H18BrN5O2S/c1-24(9-15(25)21-13-6-5-10(19)7-20-13)8-14-22-17(26)16-11-3-2-4-12(11)27-18(16)23-14/h5-7H,2-4,8-9H2,1H3,(H,20,21,25)(H,22,23,26). The molecule has 4 rings (SSSR count). The van der Waals surface area contributed by atoms with Gasteiger partial charge in [0, 0.05) is 15.5 Å². The molecule has 3 heterocycles. The quantitative estimate of drug-likeness (QED) is 0.627. The van der Waals surface area contributed by atoms with Crippen molar-refractivity contribution in [3.05, 3.63) is 49.4 Å². The van der Waals surface area contributed by atoms with Crippen molar-refractivity contribution in [1.29, 1.82) is 0 Å². The second kappa shape index (κ2) is 7.49. The lowest BCUT2D eigenvalue weighted by Gasteiger charge is -2.15. The molecule has 140 valence electrons. The smallest absolute Gasteiger partial charge is 0.259 e. The van der Waals surface area contributed by atoms with Crippen LogP contribution in [-0.4, -0.2) is 39.4 Å². The van der Waals surface area contributed by atoms with Crippen LogP contribution in [0.4, 0.5) is 5.82 Å². The molecule has 0 saturated carbocycles. The minimum atomic E-state index is -0.175. The van der Waals surface area contributed by atoms with Crippen LogP contribution in [0.3, 0.4) is 0 Å². The van der Waals surface area contributed by atoms with Crippen LogP contribution < -0.4 is 10.9 Å². The van der Waals surface area contributed by atoms with Gasteiger partial charge in [0.15, 0.2) is 0 Å². The number of H-pyrrole nitrogens is 1. The maximum atomic E-state index is 12.5. The molecule has 0 fully saturated rings. The fraction of sp³-hybridized carbons (Fsp3) is 0.333. The molecule has 0 unspecified atom stereocenters. The van der Waals surface area contributed by atoms with E-state index in [-0.39, 0.29) is 18.0 Å². The van der Waals surface area contributed by atoms with Crippen molar-refractivity contribution in [2.24, 2.45) is 0 Å². The van der Waals surface area contributed by atoms with Crippen molar-refractivity contribution < 1.29 is 4.79 Å². The second-order valence-corrected chi connectivity index (χ2v) is 8.63. The number of halogens is 1. The number of nitrogens with one attached hydrogen (secondary N) is 2. The van der Waals surface area contributed by atoms with Crippen molar-refractivity contribution in [2.75, 3.05) is 18.9 Å². The maximum absolute atomic E-state index is 12.5. The molecule has 0 aromatic carbocycles. The van der Waals surface area contributed by atoms with E-state index in [1.165, 1.54) is 10.4 Å². The Morgan fingerprint density at radius 3 is 3.04 bits per heavy atom. The second-order valence-electron chi connectivity index (χ2n) is 6.63. The molecule has 0 bridgehead atoms. The van der Waals surface area contributed by atoms with Gasteiger partial charge in [-0.05, 0) is 59.9 Å². The number of hydrogen-bond acceptors (Lipinski definition) is 6. The summed E-state index contributed by atoms with van der Waals surface area (Å²) in [6.45, 7) is 0.551. The lowest BCUT2D eigenvalue weighted by molar-refractivity contribution is -0.117. The van der Waals surface area contributed by atoms with Gasteiger partial charge in [0.05, 0.1) is 18.5 Å². The van der Waals surface area contributed by atoms with Crippen LogP contribution in [0, 0.1) is 0 Å². The molecule has 27 heavy (non-hydrogen) atoms. The Bertz CT molecular complexity index is 1060. The Labute approximate surface area is 168 Å². The summed E-state index contributed by atoms with van der Waals surface area (Å²) < 4.78 is 0.850. The fourth-order valence-corrected chi connectivity index (χ4v) is 4.83. The average molecular weight is 448 g/mol. The van der Waals surface area contributed by atoms with Gasteiger partial charge in [0.25, 0.3) is 5.56 Å². The van der Waals surface area contributed by atoms with Crippen LogP contribution in [0.25, 0.3) is 10.2 Å². The number of amides is 1. The van der Waals surface area contributed by atoms with Crippen molar-refractivity contribution in [3.8, 4) is 0 Å². The van der Waals surface area contributed by atoms with E-state index < -0.39 is 0 Å². The molecule has 0 atom stereocenters. The molecule has 2 N–H and O–H groups in total. The van der Waals surface area contributed by atoms with Crippen LogP contribution in [0.15, 0.2) is 27.6 Å². The summed E-state index contributed by atoms with van der Waals surface area (Å²) in [7, 11) is 1.81. The minimum absolute atomic E-state index is 0.0775. The average Bonchev–Trinajstić information content (AvgIpc) is 3.17. The number of likely N-dealkylation sites (N-methyl/N-ethyl adjacent to an activating group) is 1. The Balaban J connectivity index is 1.43. The molecule has 0 saturated heterocycles. The first kappa shape index (κ1) is 18.3. The number of fused-ring (bicyclic) bond motifs is 3. The molecule has 9 heteroatoms. The number of pyridine rings is 1. The number of nitrogens with zero attached hydrogens (tertiary/aromatic N) is 3. The third-order valence-corrected chi connectivity index (χ3v) is 6.11. The van der Waals surface area contributed by atoms with Gasteiger partial charge >= 0.3 is 0 Å². The lowest BCUT2D eigenvalue weighted by Crippen LogP contribution is -2.31. The van der Waals surface area contributed by atoms with Crippen molar-refractivity contribution in [3.63, 3.8) is 0 Å². The molecule has 0 spiro atoms. The van der Waals surface area contributed by atoms with E-state index in [1.54, 1.807) is 28.5 Å². The fourth-order valence-electron chi connectivity index (χ4n) is 3.31. The van der Waals surface area contributed by atoms with E-state index in [4.69, 9.17) is 0 Å². The van der Waals surface area contributed by atoms with Gasteiger partial charge in [-0.1, -0.05) is 0 Å². The predicted octanol–water partition coefficient (Wildman–Crippen LogP) is 2.70. The Kier molecular flexibility index (Phi) is 5.07. The van der Waals surface area contributed by atoms with Crippen LogP contribution in [0.5, 0.6) is 0 Å². The summed E-state index contributed by atoms with van der Waals surface area (Å²) >= 11 is 4.93. The molecule has 1 aliphatic rings. The Morgan fingerprint density at radius 2 is 2.26 bits per heavy atom. The Hall–Kier alpha value is -2.10. The molecular formula is C18H18BrN5O2S. The predicted molar refractivity (Wildman–Crippen MR) is 109 cm³/mol. The maximum Gasteiger partial charge on any atom is 0.259 e. The first-order valence-electron chi connectivity index (χ1n) is 8.63. The number of carbonyl (C=O) groups is 1. The van der Waals surface area contributed by atoms with Crippen LogP contribution in [0.1, 0.15) is 22.7 Å². The van der Waals surface area contributed by atoms with Gasteiger partial charge in [0.1, 0.15) is 16.5 Å². The van der Waals surface area contributed by atoms with Crippen LogP contribution >= 0.6 is 27.3 Å². The summed E-state index contributed by atoms with van der Waals surface area (Å²) in [4.78, 5) is 40.2. The molecule has 7 nitrogen and oxygen atoms in total. The largest absolute Gasteiger partial charge is 0.310 e. The number of aromatic amines is 1. The molecule has 1 amide bonds. The lowest BCUT2D eigenvalue weighted by atomic mass is 10.2. The summed E-state index contributed by atoms with van der Waals surface area (Å²) in [6.07, 6.45) is 4.74. The van der Waals surface area contributed by atoms with E-state index in [0.717, 1.165) is 34.0 Å². The summed E-state index contributed by atoms with van der Waals surface area (Å²) in [5.74, 6) is 0.896. The highest BCUT2D eigenvalue weighted by molar-refractivity contribution is 9.10. The van der Waals surface area contributed by atoms with E-state index in [0.29, 0.717) is 18.2 Å². The summed E-state index contributed by atoms with van der Waals surface area (Å²) in [5.41, 5.74) is 1.09. The van der Waals surface area contributed by atoms with Crippen molar-refractivity contribution in [2.45, 2.75) is 25.8 Å². The molecule has 1 aliphatic carbocycles. The number of rotatable bonds is 5. The number of carbonyl (C=O) groups excluding carboxylic acids is 1. The topological polar surface area (TPSA) is 91.0 Å². The monoisotopic (exact) mass is 447 g/mol. The molecule has 3 aromatic heterocycles. The molecular weight excluding hydrogens is 430 g/mol. The number of aromatic nitrogens is 3. The first-order valence-corrected chi connectivity index (χ1v) is 10.2. The Morgan fingerprint density at radius 1 is 1.41 bits per heavy atom. The number of aryl methyl sites for hydroxylation is 2. The third kappa shape index (κ3) is 3.95. The van der Waals surface area contributed by atoms with E-state index >= 15 is 0 Å². The van der Waals surface area contributed by atoms with Gasteiger partial charge in [0.2, 0.25) is 5.91 Å². The van der Waals surface area contributed by atoms with Crippen molar-refractivity contribution >= 4 is 49.2 Å². The third-order valence-electron chi connectivity index (χ3n) is 4.45. The SMILES string of the molecule is CN(CC(=O)Nc1ccc(Br)cn1)Cc1nc2sc3c(c2c(=O)[nH]1)CCC3. The summed E-state index contributed by atoms with van der Waals surface area (Å²) in [6, 6.07) is 3.54. The van der Waals surface area contributed by atoms with Gasteiger partial charge in [-0.25, -0.2) is 9.97 Å². The number of hydrogen-bond donors (Lipinski definition) is 2. The van der Waals surface area contributed by atoms with Crippen LogP contribution in [-0.2, 0) is 24.2 Å². The number of anilines is 1. The number of thiophene rings is 1. The van der Waals surface area contributed by atoms with E-state index in [2.05, 4.69) is 36.2 Å². The van der Waals surface area contributed by atoms with Gasteiger partial charge in [-0.3, -0.25) is 14.5 Å². The van der Waals surface area contributed by atoms with E-state index in [1.807, 2.05) is 13.1 Å². The zero-order valence-corrected chi connectivity index (χ0v) is 17.1. The van der Waals surface area contributed by atoms with Gasteiger partial charge < -0.3 is 10.3 Å². The highest BCUT2D eigenvalue weighted by atomic mass is 79.9. The van der Waals surface area contributed by atoms with Gasteiger partial charge in [-0.2, -0.15) is 0 Å². The molecule has 3 aromatic rings. The first-order chi connectivity index (χ1) is 13.0. The molecule has 0 aliphatic heterocycles.